The van der Waals surface area contributed by atoms with E-state index in [1.54, 1.807) is 0 Å². The average molecular weight is 286 g/mol. The Bertz CT molecular complexity index is 622. The molecule has 0 atom stereocenters. The first-order valence-electron chi connectivity index (χ1n) is 5.39. The van der Waals surface area contributed by atoms with Crippen LogP contribution in [0.15, 0.2) is 30.5 Å². The van der Waals surface area contributed by atoms with E-state index >= 15 is 0 Å². The van der Waals surface area contributed by atoms with E-state index in [1.165, 1.54) is 31.5 Å². The number of halogens is 3. The molecule has 0 amide bonds. The Hall–Kier alpha value is -2.51. The van der Waals surface area contributed by atoms with Gasteiger partial charge >= 0.3 is 12.3 Å². The lowest BCUT2D eigenvalue weighted by molar-refractivity contribution is -0.274. The van der Waals surface area contributed by atoms with Crippen LogP contribution in [0.3, 0.4) is 0 Å². The van der Waals surface area contributed by atoms with Crippen molar-refractivity contribution in [1.29, 1.82) is 0 Å². The van der Waals surface area contributed by atoms with Crippen molar-refractivity contribution in [2.24, 2.45) is 0 Å². The van der Waals surface area contributed by atoms with E-state index in [1.807, 2.05) is 0 Å². The third kappa shape index (κ3) is 3.08. The van der Waals surface area contributed by atoms with Crippen LogP contribution in [0.25, 0.3) is 11.4 Å². The lowest BCUT2D eigenvalue weighted by Gasteiger charge is -2.11. The first kappa shape index (κ1) is 13.9. The fourth-order valence-electron chi connectivity index (χ4n) is 1.55. The van der Waals surface area contributed by atoms with Gasteiger partial charge < -0.3 is 14.5 Å². The normalized spacial score (nSPS) is 11.2. The van der Waals surface area contributed by atoms with Gasteiger partial charge in [0.1, 0.15) is 17.3 Å². The SMILES string of the molecule is COC(=O)c1cnc(-c2ccccc2OC(F)(F)F)[nH]1. The van der Waals surface area contributed by atoms with Gasteiger partial charge in [-0.15, -0.1) is 13.2 Å². The number of aromatic nitrogens is 2. The van der Waals surface area contributed by atoms with E-state index in [4.69, 9.17) is 0 Å². The van der Waals surface area contributed by atoms with E-state index in [-0.39, 0.29) is 17.1 Å². The monoisotopic (exact) mass is 286 g/mol. The minimum Gasteiger partial charge on any atom is -0.464 e. The molecule has 1 aromatic carbocycles. The predicted molar refractivity (Wildman–Crippen MR) is 62.0 cm³/mol. The van der Waals surface area contributed by atoms with Crippen LogP contribution < -0.4 is 4.74 Å². The number of hydrogen-bond acceptors (Lipinski definition) is 4. The summed E-state index contributed by atoms with van der Waals surface area (Å²) in [5.41, 5.74) is 0.115. The van der Waals surface area contributed by atoms with E-state index in [9.17, 15) is 18.0 Å². The zero-order chi connectivity index (χ0) is 14.8. The van der Waals surface area contributed by atoms with Gasteiger partial charge in [-0.2, -0.15) is 0 Å². The maximum atomic E-state index is 12.3. The van der Waals surface area contributed by atoms with Crippen molar-refractivity contribution in [3.8, 4) is 17.1 Å². The molecule has 0 saturated heterocycles. The number of rotatable bonds is 3. The highest BCUT2D eigenvalue weighted by molar-refractivity contribution is 5.87. The molecule has 5 nitrogen and oxygen atoms in total. The molecule has 106 valence electrons. The topological polar surface area (TPSA) is 64.2 Å². The number of methoxy groups -OCH3 is 1. The van der Waals surface area contributed by atoms with Gasteiger partial charge in [0, 0.05) is 0 Å². The molecule has 0 aliphatic heterocycles. The smallest absolute Gasteiger partial charge is 0.464 e. The van der Waals surface area contributed by atoms with Crippen molar-refractivity contribution in [1.82, 2.24) is 9.97 Å². The van der Waals surface area contributed by atoms with Gasteiger partial charge in [-0.1, -0.05) is 12.1 Å². The molecule has 1 aromatic heterocycles. The van der Waals surface area contributed by atoms with Crippen molar-refractivity contribution in [3.05, 3.63) is 36.2 Å². The number of benzene rings is 1. The van der Waals surface area contributed by atoms with E-state index < -0.39 is 18.1 Å². The fourth-order valence-corrected chi connectivity index (χ4v) is 1.55. The van der Waals surface area contributed by atoms with Crippen molar-refractivity contribution in [2.75, 3.05) is 7.11 Å². The van der Waals surface area contributed by atoms with Crippen molar-refractivity contribution < 1.29 is 27.4 Å². The van der Waals surface area contributed by atoms with Crippen LogP contribution in [0, 0.1) is 0 Å². The van der Waals surface area contributed by atoms with Crippen molar-refractivity contribution in [3.63, 3.8) is 0 Å². The first-order valence-corrected chi connectivity index (χ1v) is 5.39. The maximum absolute atomic E-state index is 12.3. The Morgan fingerprint density at radius 3 is 2.65 bits per heavy atom. The molecular weight excluding hydrogens is 277 g/mol. The number of nitrogens with one attached hydrogen (secondary N) is 1. The second-order valence-corrected chi connectivity index (χ2v) is 3.68. The molecule has 8 heteroatoms. The summed E-state index contributed by atoms with van der Waals surface area (Å²) in [6.45, 7) is 0. The van der Waals surface area contributed by atoms with Crippen molar-refractivity contribution in [2.45, 2.75) is 6.36 Å². The Morgan fingerprint density at radius 1 is 1.30 bits per heavy atom. The summed E-state index contributed by atoms with van der Waals surface area (Å²) in [5, 5.41) is 0. The van der Waals surface area contributed by atoms with Crippen molar-refractivity contribution >= 4 is 5.97 Å². The molecule has 1 N–H and O–H groups in total. The minimum absolute atomic E-state index is 0.0318. The third-order valence-electron chi connectivity index (χ3n) is 2.35. The van der Waals surface area contributed by atoms with E-state index in [2.05, 4.69) is 19.4 Å². The van der Waals surface area contributed by atoms with Gasteiger partial charge in [-0.3, -0.25) is 0 Å². The number of imidazole rings is 1. The lowest BCUT2D eigenvalue weighted by atomic mass is 10.2. The molecule has 2 aromatic rings. The summed E-state index contributed by atoms with van der Waals surface area (Å²) in [4.78, 5) is 17.7. The molecular formula is C12H9F3N2O3. The number of ether oxygens (including phenoxy) is 2. The molecule has 0 unspecified atom stereocenters. The summed E-state index contributed by atoms with van der Waals surface area (Å²) in [6.07, 6.45) is -3.64. The molecule has 2 rings (SSSR count). The molecule has 0 aliphatic carbocycles. The summed E-state index contributed by atoms with van der Waals surface area (Å²) in [5.74, 6) is -1.01. The largest absolute Gasteiger partial charge is 0.573 e. The number of nitrogens with zero attached hydrogens (tertiary/aromatic N) is 1. The number of esters is 1. The van der Waals surface area contributed by atoms with Gasteiger partial charge in [0.2, 0.25) is 0 Å². The van der Waals surface area contributed by atoms with E-state index in [0.29, 0.717) is 0 Å². The maximum Gasteiger partial charge on any atom is 0.573 e. The summed E-state index contributed by atoms with van der Waals surface area (Å²) >= 11 is 0. The summed E-state index contributed by atoms with van der Waals surface area (Å²) < 4.78 is 45.3. The predicted octanol–water partition coefficient (Wildman–Crippen LogP) is 2.76. The van der Waals surface area contributed by atoms with Crippen LogP contribution in [-0.2, 0) is 4.74 Å². The number of carbonyl (C=O) groups is 1. The second kappa shape index (κ2) is 5.24. The standard InChI is InChI=1S/C12H9F3N2O3/c1-19-11(18)8-6-16-10(17-8)7-4-2-3-5-9(7)20-12(13,14)15/h2-6H,1H3,(H,16,17). The van der Waals surface area contributed by atoms with Gasteiger partial charge in [-0.05, 0) is 12.1 Å². The highest BCUT2D eigenvalue weighted by Crippen LogP contribution is 2.32. The number of H-pyrrole nitrogens is 1. The number of aromatic amines is 1. The molecule has 0 spiro atoms. The fraction of sp³-hybridized carbons (Fsp3) is 0.167. The highest BCUT2D eigenvalue weighted by Gasteiger charge is 2.32. The number of para-hydroxylation sites is 1. The van der Waals surface area contributed by atoms with Gasteiger partial charge in [-0.25, -0.2) is 9.78 Å². The first-order chi connectivity index (χ1) is 9.40. The number of carbonyl (C=O) groups excluding carboxylic acids is 1. The minimum atomic E-state index is -4.81. The molecule has 1 heterocycles. The van der Waals surface area contributed by atoms with Crippen LogP contribution in [0.2, 0.25) is 0 Å². The average Bonchev–Trinajstić information content (AvgIpc) is 2.86. The molecule has 0 radical (unpaired) electrons. The molecule has 0 aliphatic rings. The van der Waals surface area contributed by atoms with Crippen LogP contribution >= 0.6 is 0 Å². The number of alkyl halides is 3. The Labute approximate surface area is 111 Å². The second-order valence-electron chi connectivity index (χ2n) is 3.68. The molecule has 0 bridgehead atoms. The van der Waals surface area contributed by atoms with Gasteiger partial charge in [0.15, 0.2) is 0 Å². The molecule has 0 fully saturated rings. The molecule has 20 heavy (non-hydrogen) atoms. The number of hydrogen-bond donors (Lipinski definition) is 1. The zero-order valence-corrected chi connectivity index (χ0v) is 10.2. The zero-order valence-electron chi connectivity index (χ0n) is 10.2. The molecule has 0 saturated carbocycles. The van der Waals surface area contributed by atoms with Crippen LogP contribution in [0.1, 0.15) is 10.5 Å². The quantitative estimate of drug-likeness (QED) is 0.881. The Kier molecular flexibility index (Phi) is 3.64. The Morgan fingerprint density at radius 2 is 2.00 bits per heavy atom. The van der Waals surface area contributed by atoms with Crippen LogP contribution in [0.4, 0.5) is 13.2 Å². The van der Waals surface area contributed by atoms with Crippen LogP contribution in [0.5, 0.6) is 5.75 Å². The van der Waals surface area contributed by atoms with E-state index in [0.717, 1.165) is 6.07 Å². The van der Waals surface area contributed by atoms with Gasteiger partial charge in [0.25, 0.3) is 0 Å². The summed E-state index contributed by atoms with van der Waals surface area (Å²) in [6, 6.07) is 5.47. The third-order valence-corrected chi connectivity index (χ3v) is 2.35. The lowest BCUT2D eigenvalue weighted by Crippen LogP contribution is -2.17. The van der Waals surface area contributed by atoms with Crippen LogP contribution in [-0.4, -0.2) is 29.4 Å². The Balaban J connectivity index is 2.38. The summed E-state index contributed by atoms with van der Waals surface area (Å²) in [7, 11) is 1.18. The van der Waals surface area contributed by atoms with Gasteiger partial charge in [0.05, 0.1) is 18.9 Å². The highest BCUT2D eigenvalue weighted by atomic mass is 19.4.